The van der Waals surface area contributed by atoms with Crippen LogP contribution in [0.4, 0.5) is 13.2 Å². The first-order valence-electron chi connectivity index (χ1n) is 8.34. The number of halogens is 3. The van der Waals surface area contributed by atoms with E-state index in [0.717, 1.165) is 6.42 Å². The van der Waals surface area contributed by atoms with E-state index in [-0.39, 0.29) is 29.4 Å². The summed E-state index contributed by atoms with van der Waals surface area (Å²) in [6, 6.07) is 0.0831. The Bertz CT molecular complexity index is 418. The molecule has 1 N–H and O–H groups in total. The van der Waals surface area contributed by atoms with Crippen LogP contribution in [-0.4, -0.2) is 55.4 Å². The van der Waals surface area contributed by atoms with Gasteiger partial charge in [-0.25, -0.2) is 0 Å². The van der Waals surface area contributed by atoms with Gasteiger partial charge in [0.15, 0.2) is 0 Å². The third-order valence-electron chi connectivity index (χ3n) is 5.22. The summed E-state index contributed by atoms with van der Waals surface area (Å²) in [7, 11) is 0. The van der Waals surface area contributed by atoms with Crippen molar-refractivity contribution in [1.82, 2.24) is 10.2 Å². The highest BCUT2D eigenvalue weighted by Crippen LogP contribution is 2.43. The number of piperidine rings is 1. The van der Waals surface area contributed by atoms with Gasteiger partial charge in [-0.3, -0.25) is 9.69 Å². The molecule has 0 aromatic rings. The summed E-state index contributed by atoms with van der Waals surface area (Å²) >= 11 is 0. The zero-order chi connectivity index (χ0) is 17.3. The molecule has 2 fully saturated rings. The van der Waals surface area contributed by atoms with Crippen LogP contribution >= 0.6 is 0 Å². The molecule has 0 aromatic heterocycles. The minimum absolute atomic E-state index is 0.0234. The van der Waals surface area contributed by atoms with Gasteiger partial charge in [0, 0.05) is 24.0 Å². The number of ether oxygens (including phenoxy) is 1. The zero-order valence-corrected chi connectivity index (χ0v) is 14.1. The predicted molar refractivity (Wildman–Crippen MR) is 81.0 cm³/mol. The lowest BCUT2D eigenvalue weighted by Gasteiger charge is -2.52. The van der Waals surface area contributed by atoms with Crippen LogP contribution in [0.2, 0.25) is 0 Å². The maximum atomic E-state index is 12.4. The Kier molecular flexibility index (Phi) is 5.61. The monoisotopic (exact) mass is 336 g/mol. The molecule has 23 heavy (non-hydrogen) atoms. The number of carbonyl (C=O) groups excluding carboxylic acids is 1. The first-order valence-corrected chi connectivity index (χ1v) is 8.34. The maximum absolute atomic E-state index is 12.4. The molecule has 7 heteroatoms. The van der Waals surface area contributed by atoms with Gasteiger partial charge >= 0.3 is 6.18 Å². The zero-order valence-electron chi connectivity index (χ0n) is 14.1. The van der Waals surface area contributed by atoms with Crippen LogP contribution in [0, 0.1) is 11.3 Å². The highest BCUT2D eigenvalue weighted by molar-refractivity contribution is 5.79. The van der Waals surface area contributed by atoms with E-state index in [1.165, 1.54) is 4.90 Å². The van der Waals surface area contributed by atoms with E-state index in [4.69, 9.17) is 4.74 Å². The molecule has 1 aliphatic heterocycles. The smallest absolute Gasteiger partial charge is 0.378 e. The summed E-state index contributed by atoms with van der Waals surface area (Å²) in [5.74, 6) is -0.203. The van der Waals surface area contributed by atoms with Gasteiger partial charge < -0.3 is 10.1 Å². The molecule has 0 radical (unpaired) electrons. The number of carbonyl (C=O) groups is 1. The number of hydrogen-bond donors (Lipinski definition) is 1. The number of hydrogen-bond acceptors (Lipinski definition) is 3. The second-order valence-corrected chi connectivity index (χ2v) is 7.23. The number of likely N-dealkylation sites (tertiary alicyclic amines) is 1. The topological polar surface area (TPSA) is 41.6 Å². The van der Waals surface area contributed by atoms with Crippen molar-refractivity contribution in [3.8, 4) is 0 Å². The first-order chi connectivity index (χ1) is 10.6. The summed E-state index contributed by atoms with van der Waals surface area (Å²) in [6.45, 7) is 6.54. The minimum atomic E-state index is -4.17. The van der Waals surface area contributed by atoms with Crippen LogP contribution in [0.3, 0.4) is 0 Å². The summed E-state index contributed by atoms with van der Waals surface area (Å²) in [5, 5.41) is 3.07. The molecule has 0 bridgehead atoms. The Morgan fingerprint density at radius 2 is 1.91 bits per heavy atom. The van der Waals surface area contributed by atoms with Crippen molar-refractivity contribution in [2.45, 2.75) is 58.4 Å². The van der Waals surface area contributed by atoms with Crippen LogP contribution in [0.5, 0.6) is 0 Å². The fraction of sp³-hybridized carbons (Fsp3) is 0.938. The van der Waals surface area contributed by atoms with E-state index < -0.39 is 12.7 Å². The molecule has 2 unspecified atom stereocenters. The number of alkyl halides is 3. The van der Waals surface area contributed by atoms with Gasteiger partial charge in [-0.15, -0.1) is 0 Å². The Balaban J connectivity index is 1.76. The number of nitrogens with one attached hydrogen (secondary N) is 1. The third kappa shape index (κ3) is 4.59. The molecule has 1 saturated heterocycles. The summed E-state index contributed by atoms with van der Waals surface area (Å²) in [5.41, 5.74) is -0.0946. The van der Waals surface area contributed by atoms with Gasteiger partial charge in [0.1, 0.15) is 0 Å². The summed E-state index contributed by atoms with van der Waals surface area (Å²) in [6.07, 6.45) is -2.22. The lowest BCUT2D eigenvalue weighted by atomic mass is 9.64. The number of rotatable bonds is 5. The van der Waals surface area contributed by atoms with Crippen LogP contribution < -0.4 is 5.32 Å². The molecule has 1 saturated carbocycles. The molecular weight excluding hydrogens is 309 g/mol. The highest BCUT2D eigenvalue weighted by atomic mass is 19.4. The van der Waals surface area contributed by atoms with Crippen molar-refractivity contribution in [1.29, 1.82) is 0 Å². The van der Waals surface area contributed by atoms with Crippen LogP contribution in [-0.2, 0) is 9.53 Å². The Morgan fingerprint density at radius 1 is 1.30 bits per heavy atom. The van der Waals surface area contributed by atoms with E-state index in [0.29, 0.717) is 32.5 Å². The fourth-order valence-electron chi connectivity index (χ4n) is 3.51. The lowest BCUT2D eigenvalue weighted by molar-refractivity contribution is -0.151. The van der Waals surface area contributed by atoms with E-state index in [9.17, 15) is 18.0 Å². The van der Waals surface area contributed by atoms with Crippen molar-refractivity contribution < 1.29 is 22.7 Å². The molecule has 2 aliphatic rings. The average molecular weight is 336 g/mol. The molecule has 4 nitrogen and oxygen atoms in total. The third-order valence-corrected chi connectivity index (χ3v) is 5.22. The number of amides is 1. The number of nitrogens with zero attached hydrogens (tertiary/aromatic N) is 1. The highest BCUT2D eigenvalue weighted by Gasteiger charge is 2.50. The normalized spacial score (nSPS) is 29.1. The molecule has 134 valence electrons. The molecule has 1 heterocycles. The van der Waals surface area contributed by atoms with Gasteiger partial charge in [0.2, 0.25) is 5.91 Å². The Labute approximate surface area is 135 Å². The van der Waals surface area contributed by atoms with Crippen molar-refractivity contribution in [3.05, 3.63) is 0 Å². The van der Waals surface area contributed by atoms with E-state index in [2.05, 4.69) is 19.2 Å². The second-order valence-electron chi connectivity index (χ2n) is 7.23. The van der Waals surface area contributed by atoms with Crippen molar-refractivity contribution in [2.75, 3.05) is 26.2 Å². The quantitative estimate of drug-likeness (QED) is 0.839. The SMILES string of the molecule is CCOC1CC(NC(=O)C2CCN(CC(F)(F)F)CC2)C1(C)C. The van der Waals surface area contributed by atoms with E-state index in [1.807, 2.05) is 6.92 Å². The molecule has 2 atom stereocenters. The van der Waals surface area contributed by atoms with Gasteiger partial charge in [0.05, 0.1) is 12.6 Å². The summed E-state index contributed by atoms with van der Waals surface area (Å²) < 4.78 is 42.8. The van der Waals surface area contributed by atoms with Crippen LogP contribution in [0.25, 0.3) is 0 Å². The van der Waals surface area contributed by atoms with Crippen molar-refractivity contribution in [2.24, 2.45) is 11.3 Å². The first kappa shape index (κ1) is 18.5. The van der Waals surface area contributed by atoms with E-state index >= 15 is 0 Å². The van der Waals surface area contributed by atoms with Crippen molar-refractivity contribution in [3.63, 3.8) is 0 Å². The van der Waals surface area contributed by atoms with Crippen LogP contribution in [0.1, 0.15) is 40.0 Å². The molecule has 0 aromatic carbocycles. The predicted octanol–water partition coefficient (Wildman–Crippen LogP) is 2.58. The maximum Gasteiger partial charge on any atom is 0.401 e. The van der Waals surface area contributed by atoms with Gasteiger partial charge in [-0.2, -0.15) is 13.2 Å². The molecule has 0 spiro atoms. The Morgan fingerprint density at radius 3 is 2.39 bits per heavy atom. The van der Waals surface area contributed by atoms with Gasteiger partial charge in [-0.1, -0.05) is 13.8 Å². The molecule has 1 aliphatic carbocycles. The van der Waals surface area contributed by atoms with Gasteiger partial charge in [-0.05, 0) is 39.3 Å². The van der Waals surface area contributed by atoms with Crippen molar-refractivity contribution >= 4 is 5.91 Å². The fourth-order valence-corrected chi connectivity index (χ4v) is 3.51. The standard InChI is InChI=1S/C16H27F3N2O2/c1-4-23-13-9-12(15(13,2)3)20-14(22)11-5-7-21(8-6-11)10-16(17,18)19/h11-13H,4-10H2,1-3H3,(H,20,22). The molecule has 2 rings (SSSR count). The Hall–Kier alpha value is -0.820. The lowest BCUT2D eigenvalue weighted by Crippen LogP contribution is -2.63. The summed E-state index contributed by atoms with van der Waals surface area (Å²) in [4.78, 5) is 13.7. The van der Waals surface area contributed by atoms with E-state index in [1.54, 1.807) is 0 Å². The largest absolute Gasteiger partial charge is 0.401 e. The van der Waals surface area contributed by atoms with Gasteiger partial charge in [0.25, 0.3) is 0 Å². The molecular formula is C16H27F3N2O2. The second kappa shape index (κ2) is 6.97. The van der Waals surface area contributed by atoms with Crippen LogP contribution in [0.15, 0.2) is 0 Å². The molecule has 1 amide bonds. The average Bonchev–Trinajstić information content (AvgIpc) is 2.45. The minimum Gasteiger partial charge on any atom is -0.378 e.